The van der Waals surface area contributed by atoms with Crippen LogP contribution in [0.25, 0.3) is 0 Å². The molecule has 47 heavy (non-hydrogen) atoms. The number of fused-ring (bicyclic) bond motifs is 1. The Balaban J connectivity index is 1.15. The molecule has 4 N–H and O–H groups in total. The van der Waals surface area contributed by atoms with E-state index in [1.54, 1.807) is 18.2 Å². The first-order chi connectivity index (χ1) is 22.6. The van der Waals surface area contributed by atoms with Crippen molar-refractivity contribution in [2.45, 2.75) is 113 Å². The quantitative estimate of drug-likeness (QED) is 0.174. The van der Waals surface area contributed by atoms with Crippen LogP contribution in [0, 0.1) is 11.8 Å². The molecule has 258 valence electrons. The molecular formula is C34H49N5O7S. The minimum atomic E-state index is -3.67. The number of aliphatic carboxylic acids is 1. The average Bonchev–Trinajstić information content (AvgIpc) is 3.40. The van der Waals surface area contributed by atoms with Gasteiger partial charge < -0.3 is 26.0 Å². The Labute approximate surface area is 277 Å². The zero-order chi connectivity index (χ0) is 33.6. The Morgan fingerprint density at radius 2 is 1.83 bits per heavy atom. The molecule has 2 aliphatic carbocycles. The van der Waals surface area contributed by atoms with Crippen molar-refractivity contribution in [1.82, 2.24) is 25.2 Å². The topological polar surface area (TPSA) is 165 Å². The lowest BCUT2D eigenvalue weighted by Crippen LogP contribution is -2.55. The van der Waals surface area contributed by atoms with Crippen LogP contribution in [0.1, 0.15) is 89.5 Å². The van der Waals surface area contributed by atoms with Gasteiger partial charge in [0, 0.05) is 31.6 Å². The van der Waals surface area contributed by atoms with E-state index in [-0.39, 0.29) is 31.5 Å². The van der Waals surface area contributed by atoms with E-state index in [0.717, 1.165) is 63.4 Å². The van der Waals surface area contributed by atoms with Gasteiger partial charge in [0.15, 0.2) is 0 Å². The maximum atomic E-state index is 13.3. The molecule has 5 rings (SSSR count). The molecule has 1 aromatic rings. The molecule has 4 aliphatic rings. The number of benzene rings is 1. The van der Waals surface area contributed by atoms with E-state index in [0.29, 0.717) is 30.7 Å². The number of allylic oxidation sites excluding steroid dienone is 1. The summed E-state index contributed by atoms with van der Waals surface area (Å²) in [6.45, 7) is 2.50. The second-order valence-corrected chi connectivity index (χ2v) is 15.4. The molecule has 0 aromatic heterocycles. The lowest BCUT2D eigenvalue weighted by atomic mass is 9.84. The number of carboxylic acid groups (broad SMARTS) is 1. The first-order valence-corrected chi connectivity index (χ1v) is 18.6. The van der Waals surface area contributed by atoms with E-state index < -0.39 is 51.5 Å². The van der Waals surface area contributed by atoms with Gasteiger partial charge in [-0.15, -0.1) is 0 Å². The van der Waals surface area contributed by atoms with E-state index in [2.05, 4.69) is 22.9 Å². The Hall–Kier alpha value is -3.45. The third-order valence-electron chi connectivity index (χ3n) is 10.2. The average molecular weight is 672 g/mol. The highest BCUT2D eigenvalue weighted by atomic mass is 32.2. The fourth-order valence-corrected chi connectivity index (χ4v) is 9.04. The van der Waals surface area contributed by atoms with Gasteiger partial charge in [-0.3, -0.25) is 9.59 Å². The van der Waals surface area contributed by atoms with Gasteiger partial charge in [0.25, 0.3) is 0 Å². The van der Waals surface area contributed by atoms with Crippen LogP contribution in [0.15, 0.2) is 41.3 Å². The normalized spacial score (nSPS) is 26.1. The molecular weight excluding hydrogens is 622 g/mol. The Morgan fingerprint density at radius 1 is 1.06 bits per heavy atom. The van der Waals surface area contributed by atoms with Crippen LogP contribution in [0.5, 0.6) is 0 Å². The molecule has 13 heteroatoms. The standard InChI is InChI=1S/C34H49N5O7S/c1-2-3-4-5-9-16-26-20-34(26,32(42)43)37-31(41)28-17-12-19-39(28)30(40)21-35-33(44)36-27(24-13-7-6-8-14-24)23-38-22-25-15-10-11-18-29(25)47(38,45)46/h9-11,15-16,18,24,26-28H,2-8,12-14,17,19-23H2,1H3,(H,37,41)(H,42,43)(H2,35,36,44)/b16-9-/t26?,27?,28-,34+/m0/s1. The summed E-state index contributed by atoms with van der Waals surface area (Å²) in [5.41, 5.74) is -0.619. The Bertz CT molecular complexity index is 1460. The third-order valence-corrected chi connectivity index (χ3v) is 12.1. The number of sulfonamides is 1. The summed E-state index contributed by atoms with van der Waals surface area (Å²) in [6.07, 6.45) is 14.2. The zero-order valence-corrected chi connectivity index (χ0v) is 28.1. The molecule has 2 aliphatic heterocycles. The SMILES string of the molecule is CCCCC/C=C\C1C[C@]1(NC(=O)[C@@H]1CCCN1C(=O)CNC(=O)NC(CN1Cc2ccccc2S1(=O)=O)C1CCCCC1)C(=O)O. The first-order valence-electron chi connectivity index (χ1n) is 17.2. The van der Waals surface area contributed by atoms with E-state index in [4.69, 9.17) is 0 Å². The van der Waals surface area contributed by atoms with E-state index in [1.165, 1.54) is 9.21 Å². The second kappa shape index (κ2) is 15.2. The number of nitrogens with one attached hydrogen (secondary N) is 3. The molecule has 2 saturated carbocycles. The molecule has 4 atom stereocenters. The third kappa shape index (κ3) is 7.99. The fourth-order valence-electron chi connectivity index (χ4n) is 7.39. The maximum absolute atomic E-state index is 13.3. The molecule has 4 amide bonds. The van der Waals surface area contributed by atoms with Crippen molar-refractivity contribution in [1.29, 1.82) is 0 Å². The minimum Gasteiger partial charge on any atom is -0.479 e. The van der Waals surface area contributed by atoms with Gasteiger partial charge in [-0.25, -0.2) is 18.0 Å². The van der Waals surface area contributed by atoms with Crippen molar-refractivity contribution in [2.24, 2.45) is 11.8 Å². The van der Waals surface area contributed by atoms with Gasteiger partial charge in [0.05, 0.1) is 11.4 Å². The number of carboxylic acids is 1. The summed E-state index contributed by atoms with van der Waals surface area (Å²) in [4.78, 5) is 53.5. The van der Waals surface area contributed by atoms with Crippen LogP contribution in [0.3, 0.4) is 0 Å². The van der Waals surface area contributed by atoms with Crippen molar-refractivity contribution in [3.8, 4) is 0 Å². The van der Waals surface area contributed by atoms with Crippen LogP contribution in [0.2, 0.25) is 0 Å². The van der Waals surface area contributed by atoms with Crippen LogP contribution < -0.4 is 16.0 Å². The summed E-state index contributed by atoms with van der Waals surface area (Å²) < 4.78 is 27.9. The summed E-state index contributed by atoms with van der Waals surface area (Å²) >= 11 is 0. The number of rotatable bonds is 14. The molecule has 0 bridgehead atoms. The molecule has 12 nitrogen and oxygen atoms in total. The molecule has 3 fully saturated rings. The monoisotopic (exact) mass is 671 g/mol. The van der Waals surface area contributed by atoms with Crippen LogP contribution >= 0.6 is 0 Å². The lowest BCUT2D eigenvalue weighted by Gasteiger charge is -2.33. The summed E-state index contributed by atoms with van der Waals surface area (Å²) in [6, 6.07) is 5.12. The van der Waals surface area contributed by atoms with Crippen molar-refractivity contribution in [3.05, 3.63) is 42.0 Å². The van der Waals surface area contributed by atoms with E-state index in [9.17, 15) is 32.7 Å². The van der Waals surface area contributed by atoms with Crippen molar-refractivity contribution < 1.29 is 32.7 Å². The number of hydrogen-bond donors (Lipinski definition) is 4. The molecule has 2 heterocycles. The van der Waals surface area contributed by atoms with Gasteiger partial charge in [-0.05, 0) is 62.5 Å². The Morgan fingerprint density at radius 3 is 2.55 bits per heavy atom. The largest absolute Gasteiger partial charge is 0.479 e. The predicted octanol–water partition coefficient (Wildman–Crippen LogP) is 3.53. The van der Waals surface area contributed by atoms with E-state index in [1.807, 2.05) is 18.2 Å². The lowest BCUT2D eigenvalue weighted by molar-refractivity contribution is -0.145. The van der Waals surface area contributed by atoms with Crippen molar-refractivity contribution in [3.63, 3.8) is 0 Å². The zero-order valence-electron chi connectivity index (χ0n) is 27.3. The number of carbonyl (C=O) groups is 4. The minimum absolute atomic E-state index is 0.106. The van der Waals surface area contributed by atoms with Crippen molar-refractivity contribution >= 4 is 33.8 Å². The van der Waals surface area contributed by atoms with Crippen molar-refractivity contribution in [2.75, 3.05) is 19.6 Å². The highest BCUT2D eigenvalue weighted by Gasteiger charge is 2.61. The van der Waals surface area contributed by atoms with Gasteiger partial charge >= 0.3 is 12.0 Å². The maximum Gasteiger partial charge on any atom is 0.330 e. The fraction of sp³-hybridized carbons (Fsp3) is 0.647. The van der Waals surface area contributed by atoms with Gasteiger partial charge in [-0.1, -0.05) is 69.4 Å². The number of hydrogen-bond acceptors (Lipinski definition) is 6. The smallest absolute Gasteiger partial charge is 0.330 e. The predicted molar refractivity (Wildman–Crippen MR) is 176 cm³/mol. The number of likely N-dealkylation sites (tertiary alicyclic amines) is 1. The number of urea groups is 1. The first kappa shape index (κ1) is 34.9. The van der Waals surface area contributed by atoms with E-state index >= 15 is 0 Å². The highest BCUT2D eigenvalue weighted by Crippen LogP contribution is 2.45. The van der Waals surface area contributed by atoms with Crippen LogP contribution in [-0.4, -0.2) is 83.8 Å². The number of unbranched alkanes of at least 4 members (excludes halogenated alkanes) is 3. The molecule has 1 saturated heterocycles. The van der Waals surface area contributed by atoms with Gasteiger partial charge in [0.2, 0.25) is 21.8 Å². The second-order valence-electron chi connectivity index (χ2n) is 13.5. The van der Waals surface area contributed by atoms with Crippen LogP contribution in [-0.2, 0) is 31.0 Å². The molecule has 0 spiro atoms. The molecule has 1 aromatic carbocycles. The molecule has 2 unspecified atom stereocenters. The number of amides is 4. The Kier molecular flexibility index (Phi) is 11.3. The number of carbonyl (C=O) groups excluding carboxylic acids is 3. The highest BCUT2D eigenvalue weighted by molar-refractivity contribution is 7.89. The summed E-state index contributed by atoms with van der Waals surface area (Å²) in [5, 5.41) is 18.3. The van der Waals surface area contributed by atoms with Crippen LogP contribution in [0.4, 0.5) is 4.79 Å². The van der Waals surface area contributed by atoms with Gasteiger partial charge in [0.1, 0.15) is 11.6 Å². The molecule has 0 radical (unpaired) electrons. The van der Waals surface area contributed by atoms with Gasteiger partial charge in [-0.2, -0.15) is 4.31 Å². The number of nitrogens with zero attached hydrogens (tertiary/aromatic N) is 2. The summed E-state index contributed by atoms with van der Waals surface area (Å²) in [7, 11) is -3.67. The summed E-state index contributed by atoms with van der Waals surface area (Å²) in [5.74, 6) is -2.19.